The number of rotatable bonds is 2. The Bertz CT molecular complexity index is 440. The zero-order chi connectivity index (χ0) is 11.0. The van der Waals surface area contributed by atoms with E-state index in [9.17, 15) is 9.70 Å². The summed E-state index contributed by atoms with van der Waals surface area (Å²) in [5.41, 5.74) is 2.43. The summed E-state index contributed by atoms with van der Waals surface area (Å²) in [6.45, 7) is 1.89. The molecular formula is C11H11NO3. The molecule has 1 aliphatic rings. The molecule has 1 aromatic rings. The van der Waals surface area contributed by atoms with Gasteiger partial charge in [-0.15, -0.1) is 0 Å². The molecule has 0 spiro atoms. The first-order chi connectivity index (χ1) is 7.19. The second kappa shape index (κ2) is 3.46. The van der Waals surface area contributed by atoms with E-state index in [0.717, 1.165) is 16.9 Å². The number of carbonyl (C=O) groups excluding carboxylic acids is 1. The van der Waals surface area contributed by atoms with Crippen LogP contribution in [0.5, 0.6) is 5.75 Å². The summed E-state index contributed by atoms with van der Waals surface area (Å²) < 4.78 is 5.15. The molecule has 0 heterocycles. The molecule has 2 rings (SSSR count). The molecule has 0 radical (unpaired) electrons. The first-order valence-corrected chi connectivity index (χ1v) is 4.72. The number of nitroso groups, excluding NO2 is 1. The Morgan fingerprint density at radius 2 is 2.20 bits per heavy atom. The molecule has 0 fully saturated rings. The highest BCUT2D eigenvalue weighted by atomic mass is 16.5. The van der Waals surface area contributed by atoms with E-state index in [4.69, 9.17) is 4.74 Å². The molecule has 0 saturated carbocycles. The summed E-state index contributed by atoms with van der Waals surface area (Å²) in [6.07, 6.45) is 0.403. The van der Waals surface area contributed by atoms with Gasteiger partial charge < -0.3 is 4.74 Å². The van der Waals surface area contributed by atoms with Gasteiger partial charge in [0.2, 0.25) is 0 Å². The third-order valence-corrected chi connectivity index (χ3v) is 2.86. The molecule has 0 bridgehead atoms. The number of nitrogens with zero attached hydrogens (tertiary/aromatic N) is 1. The van der Waals surface area contributed by atoms with Crippen LogP contribution in [0.1, 0.15) is 21.5 Å². The zero-order valence-corrected chi connectivity index (χ0v) is 8.61. The van der Waals surface area contributed by atoms with E-state index in [1.165, 1.54) is 0 Å². The van der Waals surface area contributed by atoms with E-state index in [1.807, 2.05) is 6.92 Å². The summed E-state index contributed by atoms with van der Waals surface area (Å²) in [6, 6.07) is 2.71. The van der Waals surface area contributed by atoms with Crippen LogP contribution in [0.4, 0.5) is 0 Å². The quantitative estimate of drug-likeness (QED) is 0.692. The van der Waals surface area contributed by atoms with Gasteiger partial charge in [-0.1, -0.05) is 5.18 Å². The fourth-order valence-electron chi connectivity index (χ4n) is 2.00. The predicted octanol–water partition coefficient (Wildman–Crippen LogP) is 1.88. The molecule has 0 saturated heterocycles. The van der Waals surface area contributed by atoms with Crippen LogP contribution in [-0.2, 0) is 6.42 Å². The number of benzene rings is 1. The summed E-state index contributed by atoms with van der Waals surface area (Å²) in [5.74, 6) is 0.568. The maximum Gasteiger partial charge on any atom is 0.191 e. The van der Waals surface area contributed by atoms with Crippen molar-refractivity contribution >= 4 is 5.78 Å². The number of hydrogen-bond acceptors (Lipinski definition) is 4. The van der Waals surface area contributed by atoms with E-state index in [0.29, 0.717) is 12.0 Å². The van der Waals surface area contributed by atoms with Crippen molar-refractivity contribution in [2.24, 2.45) is 5.18 Å². The Kier molecular flexibility index (Phi) is 2.26. The van der Waals surface area contributed by atoms with Crippen molar-refractivity contribution in [3.05, 3.63) is 33.7 Å². The van der Waals surface area contributed by atoms with Crippen LogP contribution in [0.2, 0.25) is 0 Å². The van der Waals surface area contributed by atoms with Gasteiger partial charge in [0.25, 0.3) is 0 Å². The highest BCUT2D eigenvalue weighted by Crippen LogP contribution is 2.32. The molecule has 1 unspecified atom stereocenters. The number of methoxy groups -OCH3 is 1. The average Bonchev–Trinajstić information content (AvgIpc) is 2.57. The number of Topliss-reactive ketones (excluding diaryl/α,β-unsaturated/α-hetero) is 1. The molecule has 0 aromatic heterocycles. The van der Waals surface area contributed by atoms with Crippen molar-refractivity contribution in [2.45, 2.75) is 19.4 Å². The molecule has 1 aromatic carbocycles. The van der Waals surface area contributed by atoms with Gasteiger partial charge in [-0.25, -0.2) is 0 Å². The molecule has 1 aliphatic carbocycles. The second-order valence-electron chi connectivity index (χ2n) is 3.61. The molecular weight excluding hydrogens is 194 g/mol. The van der Waals surface area contributed by atoms with Gasteiger partial charge in [0.15, 0.2) is 11.8 Å². The van der Waals surface area contributed by atoms with E-state index >= 15 is 0 Å². The monoisotopic (exact) mass is 205 g/mol. The third kappa shape index (κ3) is 1.33. The SMILES string of the molecule is COc1ccc2c(c1C)CC(N=O)C2=O. The minimum absolute atomic E-state index is 0.175. The van der Waals surface area contributed by atoms with E-state index in [2.05, 4.69) is 5.18 Å². The smallest absolute Gasteiger partial charge is 0.191 e. The number of hydrogen-bond donors (Lipinski definition) is 0. The van der Waals surface area contributed by atoms with Gasteiger partial charge in [0.1, 0.15) is 5.75 Å². The van der Waals surface area contributed by atoms with E-state index in [1.54, 1.807) is 19.2 Å². The largest absolute Gasteiger partial charge is 0.496 e. The lowest BCUT2D eigenvalue weighted by Crippen LogP contribution is -2.11. The number of carbonyl (C=O) groups is 1. The Hall–Kier alpha value is -1.71. The highest BCUT2D eigenvalue weighted by molar-refractivity contribution is 6.05. The topological polar surface area (TPSA) is 55.7 Å². The van der Waals surface area contributed by atoms with Crippen LogP contribution in [0.25, 0.3) is 0 Å². The lowest BCUT2D eigenvalue weighted by atomic mass is 10.0. The summed E-state index contributed by atoms with van der Waals surface area (Å²) in [7, 11) is 1.58. The molecule has 0 N–H and O–H groups in total. The molecule has 1 atom stereocenters. The summed E-state index contributed by atoms with van der Waals surface area (Å²) in [5, 5.41) is 2.84. The van der Waals surface area contributed by atoms with Gasteiger partial charge in [0.05, 0.1) is 7.11 Å². The fourth-order valence-corrected chi connectivity index (χ4v) is 2.00. The van der Waals surface area contributed by atoms with Gasteiger partial charge in [-0.3, -0.25) is 4.79 Å². The minimum Gasteiger partial charge on any atom is -0.496 e. The molecule has 15 heavy (non-hydrogen) atoms. The van der Waals surface area contributed by atoms with Gasteiger partial charge in [0, 0.05) is 12.0 Å². The average molecular weight is 205 g/mol. The molecule has 4 heteroatoms. The van der Waals surface area contributed by atoms with E-state index in [-0.39, 0.29) is 5.78 Å². The maximum atomic E-state index is 11.6. The van der Waals surface area contributed by atoms with Crippen molar-refractivity contribution in [2.75, 3.05) is 7.11 Å². The maximum absolute atomic E-state index is 11.6. The minimum atomic E-state index is -0.745. The van der Waals surface area contributed by atoms with Crippen molar-refractivity contribution in [3.63, 3.8) is 0 Å². The third-order valence-electron chi connectivity index (χ3n) is 2.86. The molecule has 4 nitrogen and oxygen atoms in total. The standard InChI is InChI=1S/C11H11NO3/c1-6-8-5-9(12-14)11(13)7(8)3-4-10(6)15-2/h3-4,9H,5H2,1-2H3. The first kappa shape index (κ1) is 9.83. The molecule has 0 amide bonds. The van der Waals surface area contributed by atoms with Gasteiger partial charge in [-0.05, 0) is 30.2 Å². The van der Waals surface area contributed by atoms with Crippen LogP contribution in [0.3, 0.4) is 0 Å². The number of ketones is 1. The molecule has 78 valence electrons. The number of fused-ring (bicyclic) bond motifs is 1. The van der Waals surface area contributed by atoms with Crippen molar-refractivity contribution in [1.82, 2.24) is 0 Å². The highest BCUT2D eigenvalue weighted by Gasteiger charge is 2.33. The second-order valence-corrected chi connectivity index (χ2v) is 3.61. The van der Waals surface area contributed by atoms with Crippen LogP contribution in [0.15, 0.2) is 17.3 Å². The summed E-state index contributed by atoms with van der Waals surface area (Å²) >= 11 is 0. The summed E-state index contributed by atoms with van der Waals surface area (Å²) in [4.78, 5) is 22.1. The van der Waals surface area contributed by atoms with Crippen LogP contribution < -0.4 is 4.74 Å². The van der Waals surface area contributed by atoms with Crippen LogP contribution in [-0.4, -0.2) is 18.9 Å². The van der Waals surface area contributed by atoms with Crippen molar-refractivity contribution in [3.8, 4) is 5.75 Å². The Morgan fingerprint density at radius 1 is 1.47 bits per heavy atom. The van der Waals surface area contributed by atoms with Gasteiger partial charge >= 0.3 is 0 Å². The lowest BCUT2D eigenvalue weighted by molar-refractivity contribution is 0.0975. The van der Waals surface area contributed by atoms with Crippen molar-refractivity contribution in [1.29, 1.82) is 0 Å². The Balaban J connectivity index is 2.54. The Labute approximate surface area is 87.2 Å². The fraction of sp³-hybridized carbons (Fsp3) is 0.364. The van der Waals surface area contributed by atoms with Crippen LogP contribution in [0, 0.1) is 11.8 Å². The number of ether oxygens (including phenoxy) is 1. The first-order valence-electron chi connectivity index (χ1n) is 4.72. The lowest BCUT2D eigenvalue weighted by Gasteiger charge is -2.08. The van der Waals surface area contributed by atoms with Gasteiger partial charge in [-0.2, -0.15) is 4.91 Å². The predicted molar refractivity (Wildman–Crippen MR) is 55.3 cm³/mol. The molecule has 0 aliphatic heterocycles. The van der Waals surface area contributed by atoms with Crippen molar-refractivity contribution < 1.29 is 9.53 Å². The van der Waals surface area contributed by atoms with Crippen LogP contribution >= 0.6 is 0 Å². The van der Waals surface area contributed by atoms with E-state index < -0.39 is 6.04 Å². The Morgan fingerprint density at radius 3 is 2.80 bits per heavy atom. The normalized spacial score (nSPS) is 18.8. The zero-order valence-electron chi connectivity index (χ0n) is 8.61.